The van der Waals surface area contributed by atoms with Crippen LogP contribution in [0, 0.1) is 0 Å². The van der Waals surface area contributed by atoms with E-state index in [1.165, 1.54) is 12.7 Å². The normalized spacial score (nSPS) is 27.1. The molecule has 0 aromatic rings. The summed E-state index contributed by atoms with van der Waals surface area (Å²) in [5.41, 5.74) is 0.467. The number of ether oxygens (including phenoxy) is 2. The molecule has 15 heavy (non-hydrogen) atoms. The summed E-state index contributed by atoms with van der Waals surface area (Å²) >= 11 is 0. The molecule has 2 heterocycles. The molecule has 0 aromatic heterocycles. The lowest BCUT2D eigenvalue weighted by molar-refractivity contribution is 0.0392. The van der Waals surface area contributed by atoms with Crippen molar-refractivity contribution in [3.63, 3.8) is 0 Å². The third kappa shape index (κ3) is 1.17. The van der Waals surface area contributed by atoms with Gasteiger partial charge in [-0.05, 0) is 25.7 Å². The van der Waals surface area contributed by atoms with Crippen molar-refractivity contribution >= 4 is 6.09 Å². The lowest BCUT2D eigenvalue weighted by atomic mass is 9.82. The second-order valence-electron chi connectivity index (χ2n) is 4.22. The van der Waals surface area contributed by atoms with E-state index >= 15 is 0 Å². The van der Waals surface area contributed by atoms with Gasteiger partial charge in [-0.25, -0.2) is 9.69 Å². The Kier molecular flexibility index (Phi) is 1.78. The van der Waals surface area contributed by atoms with E-state index in [0.717, 1.165) is 31.4 Å². The highest BCUT2D eigenvalue weighted by Crippen LogP contribution is 2.44. The lowest BCUT2D eigenvalue weighted by Crippen LogP contribution is -2.34. The molecule has 4 nitrogen and oxygen atoms in total. The minimum Gasteiger partial charge on any atom is -0.469 e. The molecular formula is C11H13NO3. The molecule has 2 fully saturated rings. The van der Waals surface area contributed by atoms with E-state index in [9.17, 15) is 4.79 Å². The van der Waals surface area contributed by atoms with Gasteiger partial charge in [-0.3, -0.25) is 0 Å². The number of rotatable bonds is 0. The van der Waals surface area contributed by atoms with Crippen molar-refractivity contribution in [2.24, 2.45) is 0 Å². The van der Waals surface area contributed by atoms with Crippen LogP contribution in [0.15, 0.2) is 24.4 Å². The van der Waals surface area contributed by atoms with Crippen LogP contribution in [0.2, 0.25) is 0 Å². The first-order chi connectivity index (χ1) is 7.32. The first kappa shape index (κ1) is 8.83. The number of nitrogens with zero attached hydrogens (tertiary/aromatic N) is 1. The highest BCUT2D eigenvalue weighted by Gasteiger charge is 2.50. The molecule has 1 amide bonds. The Bertz CT molecular complexity index is 353. The predicted octanol–water partition coefficient (Wildman–Crippen LogP) is 2.48. The van der Waals surface area contributed by atoms with Gasteiger partial charge < -0.3 is 9.47 Å². The number of carbonyl (C=O) groups excluding carboxylic acids is 1. The van der Waals surface area contributed by atoms with Gasteiger partial charge in [0.2, 0.25) is 0 Å². The second-order valence-corrected chi connectivity index (χ2v) is 4.22. The number of amides is 1. The monoisotopic (exact) mass is 207 g/mol. The van der Waals surface area contributed by atoms with Gasteiger partial charge in [0.25, 0.3) is 0 Å². The van der Waals surface area contributed by atoms with Crippen molar-refractivity contribution in [1.29, 1.82) is 0 Å². The molecular weight excluding hydrogens is 194 g/mol. The van der Waals surface area contributed by atoms with Gasteiger partial charge in [-0.15, -0.1) is 0 Å². The maximum atomic E-state index is 11.6. The average molecular weight is 207 g/mol. The third-order valence-corrected chi connectivity index (χ3v) is 3.34. The summed E-state index contributed by atoms with van der Waals surface area (Å²) < 4.78 is 10.7. The van der Waals surface area contributed by atoms with Gasteiger partial charge in [0.05, 0.1) is 6.20 Å². The van der Waals surface area contributed by atoms with E-state index in [0.29, 0.717) is 0 Å². The quantitative estimate of drug-likeness (QED) is 0.612. The molecule has 3 aliphatic rings. The van der Waals surface area contributed by atoms with E-state index in [1.807, 2.05) is 0 Å². The van der Waals surface area contributed by atoms with Crippen molar-refractivity contribution < 1.29 is 14.3 Å². The minimum absolute atomic E-state index is 0.275. The molecule has 1 saturated heterocycles. The van der Waals surface area contributed by atoms with Crippen molar-refractivity contribution in [3.05, 3.63) is 24.4 Å². The molecule has 4 heteroatoms. The Hall–Kier alpha value is -1.45. The van der Waals surface area contributed by atoms with Gasteiger partial charge in [0, 0.05) is 0 Å². The Labute approximate surface area is 88.1 Å². The number of hydrogen-bond donors (Lipinski definition) is 0. The summed E-state index contributed by atoms with van der Waals surface area (Å²) in [7, 11) is 0. The summed E-state index contributed by atoms with van der Waals surface area (Å²) in [5.74, 6) is 0. The zero-order valence-electron chi connectivity index (χ0n) is 8.44. The molecule has 1 spiro atoms. The largest absolute Gasteiger partial charge is 0.469 e. The van der Waals surface area contributed by atoms with Crippen LogP contribution < -0.4 is 0 Å². The maximum absolute atomic E-state index is 11.6. The van der Waals surface area contributed by atoms with Crippen LogP contribution in [0.5, 0.6) is 0 Å². The van der Waals surface area contributed by atoms with E-state index < -0.39 is 5.60 Å². The summed E-state index contributed by atoms with van der Waals surface area (Å²) in [6, 6.07) is 0. The first-order valence-electron chi connectivity index (χ1n) is 5.37. The summed E-state index contributed by atoms with van der Waals surface area (Å²) in [4.78, 5) is 13.2. The topological polar surface area (TPSA) is 38.8 Å². The van der Waals surface area contributed by atoms with Gasteiger partial charge >= 0.3 is 6.09 Å². The predicted molar refractivity (Wildman–Crippen MR) is 52.4 cm³/mol. The van der Waals surface area contributed by atoms with Gasteiger partial charge in [0.15, 0.2) is 5.60 Å². The molecule has 80 valence electrons. The maximum Gasteiger partial charge on any atom is 0.419 e. The highest BCUT2D eigenvalue weighted by atomic mass is 16.6. The average Bonchev–Trinajstić information content (AvgIpc) is 2.55. The summed E-state index contributed by atoms with van der Waals surface area (Å²) in [6.45, 7) is 0. The van der Waals surface area contributed by atoms with Crippen molar-refractivity contribution in [2.45, 2.75) is 37.7 Å². The summed E-state index contributed by atoms with van der Waals surface area (Å²) in [6.07, 6.45) is 9.76. The van der Waals surface area contributed by atoms with Crippen molar-refractivity contribution in [2.75, 3.05) is 0 Å². The fourth-order valence-electron chi connectivity index (χ4n) is 2.57. The van der Waals surface area contributed by atoms with E-state index in [4.69, 9.17) is 9.47 Å². The van der Waals surface area contributed by atoms with E-state index in [-0.39, 0.29) is 6.09 Å². The van der Waals surface area contributed by atoms with Crippen LogP contribution in [-0.4, -0.2) is 16.6 Å². The third-order valence-electron chi connectivity index (χ3n) is 3.34. The van der Waals surface area contributed by atoms with E-state index in [1.54, 1.807) is 17.4 Å². The van der Waals surface area contributed by atoms with Crippen LogP contribution in [0.1, 0.15) is 32.1 Å². The number of fused-ring (bicyclic) bond motifs is 2. The molecule has 0 N–H and O–H groups in total. The van der Waals surface area contributed by atoms with Crippen molar-refractivity contribution in [3.8, 4) is 0 Å². The highest BCUT2D eigenvalue weighted by molar-refractivity contribution is 5.76. The molecule has 0 bridgehead atoms. The molecule has 3 rings (SSSR count). The van der Waals surface area contributed by atoms with Crippen LogP contribution in [0.25, 0.3) is 0 Å². The Balaban J connectivity index is 1.97. The smallest absolute Gasteiger partial charge is 0.419 e. The van der Waals surface area contributed by atoms with Gasteiger partial charge in [0.1, 0.15) is 18.2 Å². The first-order valence-corrected chi connectivity index (χ1v) is 5.37. The SMILES string of the molecule is O=C1OC2(CCCCC2)C2=COC=CN12. The Morgan fingerprint density at radius 3 is 2.87 bits per heavy atom. The van der Waals surface area contributed by atoms with Crippen molar-refractivity contribution in [1.82, 2.24) is 4.90 Å². The molecule has 0 unspecified atom stereocenters. The lowest BCUT2D eigenvalue weighted by Gasteiger charge is -2.32. The van der Waals surface area contributed by atoms with Crippen LogP contribution in [0.4, 0.5) is 4.79 Å². The number of hydrogen-bond acceptors (Lipinski definition) is 3. The minimum atomic E-state index is -0.403. The Morgan fingerprint density at radius 1 is 1.27 bits per heavy atom. The second kappa shape index (κ2) is 3.02. The Morgan fingerprint density at radius 2 is 2.07 bits per heavy atom. The fourth-order valence-corrected chi connectivity index (χ4v) is 2.57. The molecule has 1 aliphatic carbocycles. The van der Waals surface area contributed by atoms with Gasteiger partial charge in [-0.2, -0.15) is 0 Å². The zero-order chi connectivity index (χ0) is 10.3. The van der Waals surface area contributed by atoms with Crippen LogP contribution in [0.3, 0.4) is 0 Å². The standard InChI is InChI=1S/C11H13NO3/c13-10-12-6-7-14-8-9(12)11(15-10)4-2-1-3-5-11/h6-8H,1-5H2. The fraction of sp³-hybridized carbons (Fsp3) is 0.545. The number of carbonyl (C=O) groups is 1. The molecule has 0 radical (unpaired) electrons. The molecule has 2 aliphatic heterocycles. The molecule has 0 aromatic carbocycles. The zero-order valence-corrected chi connectivity index (χ0v) is 8.44. The van der Waals surface area contributed by atoms with Crippen LogP contribution >= 0.6 is 0 Å². The van der Waals surface area contributed by atoms with Crippen LogP contribution in [-0.2, 0) is 9.47 Å². The van der Waals surface area contributed by atoms with E-state index in [2.05, 4.69) is 0 Å². The molecule has 0 atom stereocenters. The summed E-state index contributed by atoms with van der Waals surface area (Å²) in [5, 5.41) is 0. The van der Waals surface area contributed by atoms with Gasteiger partial charge in [-0.1, -0.05) is 6.42 Å². The molecule has 1 saturated carbocycles.